The van der Waals surface area contributed by atoms with Gasteiger partial charge < -0.3 is 10.6 Å². The largest absolute Gasteiger partial charge is 0.366 e. The second kappa shape index (κ2) is 5.33. The highest BCUT2D eigenvalue weighted by Crippen LogP contribution is 2.33. The maximum absolute atomic E-state index is 12.6. The highest BCUT2D eigenvalue weighted by Gasteiger charge is 2.32. The number of hydrogen-bond acceptors (Lipinski definition) is 4. The number of aryl methyl sites for hydroxylation is 1. The van der Waals surface area contributed by atoms with E-state index in [1.165, 1.54) is 11.3 Å². The molecule has 7 heteroatoms. The Hall–Kier alpha value is -2.15. The van der Waals surface area contributed by atoms with E-state index < -0.39 is 5.91 Å². The molecule has 0 saturated carbocycles. The van der Waals surface area contributed by atoms with E-state index in [4.69, 9.17) is 5.73 Å². The van der Waals surface area contributed by atoms with E-state index in [9.17, 15) is 9.59 Å². The molecule has 1 aliphatic heterocycles. The van der Waals surface area contributed by atoms with E-state index in [1.807, 2.05) is 18.1 Å². The smallest absolute Gasteiger partial charge is 0.264 e. The van der Waals surface area contributed by atoms with Crippen molar-refractivity contribution in [3.63, 3.8) is 0 Å². The Morgan fingerprint density at radius 1 is 1.48 bits per heavy atom. The Balaban J connectivity index is 1.84. The second-order valence-corrected chi connectivity index (χ2v) is 6.08. The number of amides is 2. The molecule has 2 aromatic rings. The number of carbonyl (C=O) groups excluding carboxylic acids is 2. The van der Waals surface area contributed by atoms with Crippen LogP contribution in [0.25, 0.3) is 0 Å². The topological polar surface area (TPSA) is 81.2 Å². The van der Waals surface area contributed by atoms with Crippen LogP contribution in [-0.2, 0) is 7.05 Å². The van der Waals surface area contributed by atoms with Crippen LogP contribution in [0.3, 0.4) is 0 Å². The van der Waals surface area contributed by atoms with Crippen LogP contribution in [0.4, 0.5) is 0 Å². The molecule has 6 nitrogen and oxygen atoms in total. The molecule has 21 heavy (non-hydrogen) atoms. The van der Waals surface area contributed by atoms with Crippen LogP contribution in [0.15, 0.2) is 23.8 Å². The standard InChI is InChI=1S/C14H16N4O2S/c1-17-7-10(6-16-17)11-3-2-4-18(11)14(20)12-5-9(8-21-12)13(15)19/h5-8,11H,2-4H2,1H3,(H2,15,19)/t11-/m0/s1. The molecule has 1 aliphatic rings. The maximum Gasteiger partial charge on any atom is 0.264 e. The third-order valence-electron chi connectivity index (χ3n) is 3.72. The Morgan fingerprint density at radius 3 is 2.90 bits per heavy atom. The number of aromatic nitrogens is 2. The Labute approximate surface area is 126 Å². The van der Waals surface area contributed by atoms with Gasteiger partial charge in [-0.1, -0.05) is 0 Å². The molecule has 110 valence electrons. The summed E-state index contributed by atoms with van der Waals surface area (Å²) in [5, 5.41) is 5.80. The van der Waals surface area contributed by atoms with Crippen molar-refractivity contribution in [3.05, 3.63) is 39.8 Å². The van der Waals surface area contributed by atoms with E-state index in [0.717, 1.165) is 24.9 Å². The lowest BCUT2D eigenvalue weighted by Gasteiger charge is -2.23. The van der Waals surface area contributed by atoms with Crippen molar-refractivity contribution < 1.29 is 9.59 Å². The summed E-state index contributed by atoms with van der Waals surface area (Å²) in [6, 6.07) is 1.64. The lowest BCUT2D eigenvalue weighted by molar-refractivity contribution is 0.0740. The first kappa shape index (κ1) is 13.8. The van der Waals surface area contributed by atoms with Gasteiger partial charge in [-0.3, -0.25) is 14.3 Å². The van der Waals surface area contributed by atoms with Gasteiger partial charge in [0, 0.05) is 30.7 Å². The number of carbonyl (C=O) groups is 2. The molecule has 2 aromatic heterocycles. The van der Waals surface area contributed by atoms with Crippen molar-refractivity contribution in [1.82, 2.24) is 14.7 Å². The summed E-state index contributed by atoms with van der Waals surface area (Å²) in [6.45, 7) is 0.724. The van der Waals surface area contributed by atoms with Gasteiger partial charge in [-0.15, -0.1) is 11.3 Å². The lowest BCUT2D eigenvalue weighted by Crippen LogP contribution is -2.29. The summed E-state index contributed by atoms with van der Waals surface area (Å²) < 4.78 is 1.74. The normalized spacial score (nSPS) is 18.1. The van der Waals surface area contributed by atoms with Crippen molar-refractivity contribution >= 4 is 23.2 Å². The minimum absolute atomic E-state index is 0.0427. The van der Waals surface area contributed by atoms with Gasteiger partial charge in [-0.05, 0) is 18.9 Å². The third-order valence-corrected chi connectivity index (χ3v) is 4.64. The number of likely N-dealkylation sites (tertiary alicyclic amines) is 1. The Morgan fingerprint density at radius 2 is 2.29 bits per heavy atom. The number of hydrogen-bond donors (Lipinski definition) is 1. The Kier molecular flexibility index (Phi) is 3.50. The molecule has 0 aliphatic carbocycles. The van der Waals surface area contributed by atoms with E-state index in [0.29, 0.717) is 10.4 Å². The molecule has 1 saturated heterocycles. The van der Waals surface area contributed by atoms with Crippen LogP contribution >= 0.6 is 11.3 Å². The number of nitrogens with zero attached hydrogens (tertiary/aromatic N) is 3. The summed E-state index contributed by atoms with van der Waals surface area (Å²) in [5.74, 6) is -0.547. The summed E-state index contributed by atoms with van der Waals surface area (Å²) in [5.41, 5.74) is 6.67. The molecule has 3 heterocycles. The van der Waals surface area contributed by atoms with Crippen molar-refractivity contribution in [2.45, 2.75) is 18.9 Å². The predicted molar refractivity (Wildman–Crippen MR) is 79.1 cm³/mol. The molecular weight excluding hydrogens is 288 g/mol. The molecule has 2 amide bonds. The average molecular weight is 304 g/mol. The fraction of sp³-hybridized carbons (Fsp3) is 0.357. The predicted octanol–water partition coefficient (Wildman–Crippen LogP) is 1.56. The molecule has 0 aromatic carbocycles. The van der Waals surface area contributed by atoms with E-state index in [1.54, 1.807) is 22.3 Å². The van der Waals surface area contributed by atoms with Crippen molar-refractivity contribution in [2.24, 2.45) is 12.8 Å². The van der Waals surface area contributed by atoms with Crippen LogP contribution in [-0.4, -0.2) is 33.0 Å². The van der Waals surface area contributed by atoms with Gasteiger partial charge in [0.05, 0.1) is 22.7 Å². The highest BCUT2D eigenvalue weighted by atomic mass is 32.1. The molecule has 0 unspecified atom stereocenters. The van der Waals surface area contributed by atoms with Crippen LogP contribution in [0, 0.1) is 0 Å². The van der Waals surface area contributed by atoms with Crippen LogP contribution < -0.4 is 5.73 Å². The quantitative estimate of drug-likeness (QED) is 0.934. The van der Waals surface area contributed by atoms with Gasteiger partial charge in [0.2, 0.25) is 5.91 Å². The summed E-state index contributed by atoms with van der Waals surface area (Å²) in [4.78, 5) is 26.2. The van der Waals surface area contributed by atoms with Crippen molar-refractivity contribution in [3.8, 4) is 0 Å². The lowest BCUT2D eigenvalue weighted by atomic mass is 10.1. The highest BCUT2D eigenvalue weighted by molar-refractivity contribution is 7.12. The molecule has 3 rings (SSSR count). The first-order chi connectivity index (χ1) is 10.1. The van der Waals surface area contributed by atoms with Crippen LogP contribution in [0.2, 0.25) is 0 Å². The number of thiophene rings is 1. The van der Waals surface area contributed by atoms with Gasteiger partial charge >= 0.3 is 0 Å². The molecular formula is C14H16N4O2S. The summed E-state index contributed by atoms with van der Waals surface area (Å²) in [7, 11) is 1.86. The maximum atomic E-state index is 12.6. The zero-order valence-corrected chi connectivity index (χ0v) is 12.5. The van der Waals surface area contributed by atoms with Crippen LogP contribution in [0.5, 0.6) is 0 Å². The average Bonchev–Trinajstić information content (AvgIpc) is 3.17. The second-order valence-electron chi connectivity index (χ2n) is 5.17. The van der Waals surface area contributed by atoms with Crippen LogP contribution in [0.1, 0.15) is 44.5 Å². The third kappa shape index (κ3) is 2.56. The summed E-state index contributed by atoms with van der Waals surface area (Å²) in [6.07, 6.45) is 5.66. The fourth-order valence-corrected chi connectivity index (χ4v) is 3.54. The molecule has 1 atom stereocenters. The van der Waals surface area contributed by atoms with Crippen molar-refractivity contribution in [2.75, 3.05) is 6.54 Å². The molecule has 0 spiro atoms. The monoisotopic (exact) mass is 304 g/mol. The first-order valence-electron chi connectivity index (χ1n) is 6.74. The van der Waals surface area contributed by atoms with Gasteiger partial charge in [0.15, 0.2) is 0 Å². The number of nitrogens with two attached hydrogens (primary N) is 1. The van der Waals surface area contributed by atoms with Gasteiger partial charge in [0.1, 0.15) is 0 Å². The SMILES string of the molecule is Cn1cc([C@@H]2CCCN2C(=O)c2cc(C(N)=O)cs2)cn1. The van der Waals surface area contributed by atoms with E-state index >= 15 is 0 Å². The van der Waals surface area contributed by atoms with E-state index in [-0.39, 0.29) is 11.9 Å². The van der Waals surface area contributed by atoms with E-state index in [2.05, 4.69) is 5.10 Å². The first-order valence-corrected chi connectivity index (χ1v) is 7.62. The zero-order chi connectivity index (χ0) is 15.0. The minimum Gasteiger partial charge on any atom is -0.366 e. The van der Waals surface area contributed by atoms with Crippen molar-refractivity contribution in [1.29, 1.82) is 0 Å². The van der Waals surface area contributed by atoms with Gasteiger partial charge in [-0.2, -0.15) is 5.10 Å². The molecule has 1 fully saturated rings. The zero-order valence-electron chi connectivity index (χ0n) is 11.7. The van der Waals surface area contributed by atoms with Gasteiger partial charge in [0.25, 0.3) is 5.91 Å². The number of primary amides is 1. The fourth-order valence-electron chi connectivity index (χ4n) is 2.69. The minimum atomic E-state index is -0.504. The molecule has 0 bridgehead atoms. The molecule has 0 radical (unpaired) electrons. The number of rotatable bonds is 3. The summed E-state index contributed by atoms with van der Waals surface area (Å²) >= 11 is 1.26. The molecule has 2 N–H and O–H groups in total. The Bertz CT molecular complexity index is 691. The van der Waals surface area contributed by atoms with Gasteiger partial charge in [-0.25, -0.2) is 0 Å².